The minimum absolute atomic E-state index is 0.0971. The van der Waals surface area contributed by atoms with Crippen LogP contribution in [0.15, 0.2) is 81.4 Å². The Labute approximate surface area is 189 Å². The lowest BCUT2D eigenvalue weighted by molar-refractivity contribution is -0.121. The van der Waals surface area contributed by atoms with Gasteiger partial charge in [0.15, 0.2) is 6.61 Å². The van der Waals surface area contributed by atoms with E-state index in [0.717, 1.165) is 15.9 Å². The highest BCUT2D eigenvalue weighted by atomic mass is 32.2. The van der Waals surface area contributed by atoms with E-state index in [-0.39, 0.29) is 16.2 Å². The highest BCUT2D eigenvalue weighted by Gasteiger charge is 2.29. The van der Waals surface area contributed by atoms with Crippen molar-refractivity contribution in [2.45, 2.75) is 14.7 Å². The van der Waals surface area contributed by atoms with E-state index in [1.54, 1.807) is 11.8 Å². The highest BCUT2D eigenvalue weighted by Crippen LogP contribution is 2.47. The standard InChI is InChI=1S/C22H18N2O6S2/c1-29-18-11-10-14(32(23,27)28)12-15(18)22(26)30-13-21(25)24-16-6-2-4-8-19(16)31-20-9-5-3-7-17(20)24/h2-12H,13H2,1H3,(H2,23,27,28). The summed E-state index contributed by atoms with van der Waals surface area (Å²) in [4.78, 5) is 28.8. The Bertz CT molecular complexity index is 1280. The van der Waals surface area contributed by atoms with Crippen LogP contribution in [0.4, 0.5) is 11.4 Å². The first-order valence-corrected chi connectivity index (χ1v) is 11.7. The molecule has 0 fully saturated rings. The van der Waals surface area contributed by atoms with Gasteiger partial charge < -0.3 is 9.47 Å². The van der Waals surface area contributed by atoms with Crippen molar-refractivity contribution in [3.63, 3.8) is 0 Å². The largest absolute Gasteiger partial charge is 0.496 e. The predicted octanol–water partition coefficient (Wildman–Crippen LogP) is 3.33. The summed E-state index contributed by atoms with van der Waals surface area (Å²) in [5.41, 5.74) is 1.22. The van der Waals surface area contributed by atoms with Crippen molar-refractivity contribution < 1.29 is 27.5 Å². The molecule has 4 rings (SSSR count). The van der Waals surface area contributed by atoms with E-state index < -0.39 is 28.5 Å². The summed E-state index contributed by atoms with van der Waals surface area (Å²) in [5.74, 6) is -1.27. The lowest BCUT2D eigenvalue weighted by Gasteiger charge is -2.30. The number of nitrogens with zero attached hydrogens (tertiary/aromatic N) is 1. The van der Waals surface area contributed by atoms with Crippen LogP contribution in [0.2, 0.25) is 0 Å². The zero-order chi connectivity index (χ0) is 22.9. The molecule has 0 radical (unpaired) electrons. The van der Waals surface area contributed by atoms with E-state index in [9.17, 15) is 18.0 Å². The van der Waals surface area contributed by atoms with Crippen molar-refractivity contribution >= 4 is 45.0 Å². The zero-order valence-electron chi connectivity index (χ0n) is 16.8. The van der Waals surface area contributed by atoms with Gasteiger partial charge in [-0.1, -0.05) is 36.0 Å². The zero-order valence-corrected chi connectivity index (χ0v) is 18.5. The summed E-state index contributed by atoms with van der Waals surface area (Å²) in [6.07, 6.45) is 0. The number of carbonyl (C=O) groups excluding carboxylic acids is 2. The molecule has 1 aliphatic rings. The number of para-hydroxylation sites is 2. The number of amides is 1. The molecule has 0 bridgehead atoms. The minimum atomic E-state index is -4.04. The van der Waals surface area contributed by atoms with Crippen molar-refractivity contribution in [1.29, 1.82) is 0 Å². The number of hydrogen-bond acceptors (Lipinski definition) is 7. The first-order valence-electron chi connectivity index (χ1n) is 9.36. The molecule has 32 heavy (non-hydrogen) atoms. The van der Waals surface area contributed by atoms with Gasteiger partial charge in [0.2, 0.25) is 10.0 Å². The molecule has 10 heteroatoms. The van der Waals surface area contributed by atoms with Crippen molar-refractivity contribution in [3.8, 4) is 5.75 Å². The van der Waals surface area contributed by atoms with E-state index in [2.05, 4.69) is 0 Å². The fourth-order valence-corrected chi connectivity index (χ4v) is 4.86. The molecular weight excluding hydrogens is 452 g/mol. The molecule has 164 valence electrons. The molecule has 0 saturated carbocycles. The van der Waals surface area contributed by atoms with Crippen molar-refractivity contribution in [3.05, 3.63) is 72.3 Å². The number of anilines is 2. The Morgan fingerprint density at radius 1 is 0.969 bits per heavy atom. The summed E-state index contributed by atoms with van der Waals surface area (Å²) < 4.78 is 33.6. The Kier molecular flexibility index (Phi) is 5.92. The maximum Gasteiger partial charge on any atom is 0.342 e. The van der Waals surface area contributed by atoms with Gasteiger partial charge >= 0.3 is 5.97 Å². The molecule has 2 N–H and O–H groups in total. The smallest absolute Gasteiger partial charge is 0.342 e. The van der Waals surface area contributed by atoms with E-state index in [1.807, 2.05) is 48.5 Å². The summed E-state index contributed by atoms with van der Waals surface area (Å²) in [7, 11) is -2.71. The van der Waals surface area contributed by atoms with Gasteiger partial charge in [-0.25, -0.2) is 18.4 Å². The molecule has 1 aliphatic heterocycles. The molecule has 0 atom stereocenters. The van der Waals surface area contributed by atoms with Gasteiger partial charge in [-0.05, 0) is 42.5 Å². The number of ether oxygens (including phenoxy) is 2. The third kappa shape index (κ3) is 4.20. The van der Waals surface area contributed by atoms with Crippen LogP contribution in [0.1, 0.15) is 10.4 Å². The summed E-state index contributed by atoms with van der Waals surface area (Å²) >= 11 is 1.55. The van der Waals surface area contributed by atoms with Crippen LogP contribution in [0, 0.1) is 0 Å². The minimum Gasteiger partial charge on any atom is -0.496 e. The van der Waals surface area contributed by atoms with Crippen LogP contribution in [0.25, 0.3) is 0 Å². The van der Waals surface area contributed by atoms with Crippen LogP contribution in [-0.4, -0.2) is 34.0 Å². The van der Waals surface area contributed by atoms with Crippen molar-refractivity contribution in [2.24, 2.45) is 5.14 Å². The van der Waals surface area contributed by atoms with Gasteiger partial charge in [0.1, 0.15) is 11.3 Å². The molecular formula is C22H18N2O6S2. The molecule has 0 spiro atoms. The SMILES string of the molecule is COc1ccc(S(N)(=O)=O)cc1C(=O)OCC(=O)N1c2ccccc2Sc2ccccc21. The van der Waals surface area contributed by atoms with E-state index >= 15 is 0 Å². The summed E-state index contributed by atoms with van der Waals surface area (Å²) in [6.45, 7) is -0.561. The first kappa shape index (κ1) is 21.9. The first-order chi connectivity index (χ1) is 15.3. The van der Waals surface area contributed by atoms with Gasteiger partial charge in [-0.3, -0.25) is 9.69 Å². The molecule has 1 heterocycles. The number of hydrogen-bond donors (Lipinski definition) is 1. The van der Waals surface area contributed by atoms with Gasteiger partial charge in [0.25, 0.3) is 5.91 Å². The maximum atomic E-state index is 13.1. The van der Waals surface area contributed by atoms with Crippen LogP contribution >= 0.6 is 11.8 Å². The molecule has 3 aromatic rings. The Morgan fingerprint density at radius 2 is 1.56 bits per heavy atom. The predicted molar refractivity (Wildman–Crippen MR) is 119 cm³/mol. The number of fused-ring (bicyclic) bond motifs is 2. The Hall–Kier alpha value is -3.34. The van der Waals surface area contributed by atoms with E-state index in [0.29, 0.717) is 11.4 Å². The molecule has 0 unspecified atom stereocenters. The maximum absolute atomic E-state index is 13.1. The van der Waals surface area contributed by atoms with Gasteiger partial charge in [0.05, 0.1) is 23.4 Å². The van der Waals surface area contributed by atoms with Gasteiger partial charge in [0, 0.05) is 9.79 Å². The average Bonchev–Trinajstić information content (AvgIpc) is 2.79. The number of primary sulfonamides is 1. The molecule has 8 nitrogen and oxygen atoms in total. The third-order valence-corrected chi connectivity index (χ3v) is 6.77. The van der Waals surface area contributed by atoms with Crippen LogP contribution in [0.5, 0.6) is 5.75 Å². The highest BCUT2D eigenvalue weighted by molar-refractivity contribution is 7.99. The second-order valence-corrected chi connectivity index (χ2v) is 9.40. The van der Waals surface area contributed by atoms with E-state index in [4.69, 9.17) is 14.6 Å². The second kappa shape index (κ2) is 8.65. The second-order valence-electron chi connectivity index (χ2n) is 6.75. The van der Waals surface area contributed by atoms with Gasteiger partial charge in [-0.15, -0.1) is 0 Å². The summed E-state index contributed by atoms with van der Waals surface area (Å²) in [6, 6.07) is 18.4. The summed E-state index contributed by atoms with van der Waals surface area (Å²) in [5, 5.41) is 5.14. The lowest BCUT2D eigenvalue weighted by atomic mass is 10.2. The number of benzene rings is 3. The Balaban J connectivity index is 1.60. The number of methoxy groups -OCH3 is 1. The lowest BCUT2D eigenvalue weighted by Crippen LogP contribution is -2.32. The quantitative estimate of drug-likeness (QED) is 0.569. The molecule has 1 amide bonds. The van der Waals surface area contributed by atoms with Crippen molar-refractivity contribution in [2.75, 3.05) is 18.6 Å². The molecule has 3 aromatic carbocycles. The fourth-order valence-electron chi connectivity index (χ4n) is 3.27. The molecule has 0 aromatic heterocycles. The number of rotatable bonds is 5. The fraction of sp³-hybridized carbons (Fsp3) is 0.0909. The number of carbonyl (C=O) groups is 2. The van der Waals surface area contributed by atoms with Gasteiger partial charge in [-0.2, -0.15) is 0 Å². The normalized spacial score (nSPS) is 12.5. The average molecular weight is 471 g/mol. The van der Waals surface area contributed by atoms with Crippen LogP contribution in [0.3, 0.4) is 0 Å². The number of nitrogens with two attached hydrogens (primary N) is 1. The number of esters is 1. The van der Waals surface area contributed by atoms with E-state index in [1.165, 1.54) is 24.1 Å². The monoisotopic (exact) mass is 470 g/mol. The van der Waals surface area contributed by atoms with Crippen LogP contribution < -0.4 is 14.8 Å². The Morgan fingerprint density at radius 3 is 2.12 bits per heavy atom. The molecule has 0 aliphatic carbocycles. The van der Waals surface area contributed by atoms with Crippen LogP contribution in [-0.2, 0) is 19.6 Å². The topological polar surface area (TPSA) is 116 Å². The molecule has 0 saturated heterocycles. The van der Waals surface area contributed by atoms with Crippen molar-refractivity contribution in [1.82, 2.24) is 0 Å². The third-order valence-electron chi connectivity index (χ3n) is 4.73. The number of sulfonamides is 1.